The largest absolute Gasteiger partial charge is 0.442 e. The number of amides is 1. The van der Waals surface area contributed by atoms with Crippen LogP contribution in [0.25, 0.3) is 0 Å². The normalized spacial score (nSPS) is 17.7. The summed E-state index contributed by atoms with van der Waals surface area (Å²) >= 11 is 0. The van der Waals surface area contributed by atoms with Crippen molar-refractivity contribution in [1.82, 2.24) is 4.90 Å². The number of hydrogen-bond acceptors (Lipinski definition) is 5. The Morgan fingerprint density at radius 3 is 2.77 bits per heavy atom. The summed E-state index contributed by atoms with van der Waals surface area (Å²) in [5.41, 5.74) is 3.20. The van der Waals surface area contributed by atoms with Crippen LogP contribution in [0.3, 0.4) is 0 Å². The number of hydrogen-bond donors (Lipinski definition) is 1. The highest BCUT2D eigenvalue weighted by Gasteiger charge is 2.35. The van der Waals surface area contributed by atoms with E-state index in [1.54, 1.807) is 13.3 Å². The summed E-state index contributed by atoms with van der Waals surface area (Å²) in [6.45, 7) is 6.80. The summed E-state index contributed by atoms with van der Waals surface area (Å²) in [5.74, 6) is 1.60. The number of anilines is 1. The van der Waals surface area contributed by atoms with Gasteiger partial charge in [0, 0.05) is 12.2 Å². The smallest absolute Gasteiger partial charge is 0.260 e. The maximum absolute atomic E-state index is 13.0. The molecule has 3 heterocycles. The molecule has 0 spiro atoms. The summed E-state index contributed by atoms with van der Waals surface area (Å²) in [6.07, 6.45) is 3.66. The fourth-order valence-electron chi connectivity index (χ4n) is 3.37. The van der Waals surface area contributed by atoms with E-state index < -0.39 is 0 Å². The van der Waals surface area contributed by atoms with Crippen LogP contribution < -0.4 is 5.32 Å². The van der Waals surface area contributed by atoms with E-state index in [4.69, 9.17) is 9.41 Å². The SMILES string of the molecule is CCc1ccc(NC(=O)c2c(C)oc3c2C2=N[C@H](CC)CN2C=N3)cc1. The van der Waals surface area contributed by atoms with Gasteiger partial charge in [-0.05, 0) is 37.5 Å². The van der Waals surface area contributed by atoms with Crippen molar-refractivity contribution in [2.75, 3.05) is 11.9 Å². The summed E-state index contributed by atoms with van der Waals surface area (Å²) < 4.78 is 5.74. The molecule has 6 nitrogen and oxygen atoms in total. The fraction of sp³-hybridized carbons (Fsp3) is 0.350. The Bertz CT molecular complexity index is 909. The molecule has 1 atom stereocenters. The monoisotopic (exact) mass is 350 g/mol. The maximum atomic E-state index is 13.0. The van der Waals surface area contributed by atoms with E-state index >= 15 is 0 Å². The topological polar surface area (TPSA) is 70.2 Å². The number of furan rings is 1. The van der Waals surface area contributed by atoms with Gasteiger partial charge in [-0.2, -0.15) is 0 Å². The highest BCUT2D eigenvalue weighted by Crippen LogP contribution is 2.35. The standard InChI is InChI=1S/C20H22N4O2/c1-4-13-6-8-15(9-7-13)23-19(25)16-12(3)26-20-17(16)18-22-14(5-2)10-24(18)11-21-20/h6-9,11,14H,4-5,10H2,1-3H3,(H,23,25)/t14-/m1/s1. The zero-order chi connectivity index (χ0) is 18.3. The van der Waals surface area contributed by atoms with Crippen LogP contribution in [0, 0.1) is 6.92 Å². The highest BCUT2D eigenvalue weighted by molar-refractivity contribution is 6.19. The minimum Gasteiger partial charge on any atom is -0.442 e. The molecule has 0 fully saturated rings. The molecule has 0 bridgehead atoms. The Morgan fingerprint density at radius 2 is 2.08 bits per heavy atom. The molecule has 0 aliphatic carbocycles. The molecule has 1 aromatic heterocycles. The second-order valence-electron chi connectivity index (χ2n) is 6.63. The van der Waals surface area contributed by atoms with Gasteiger partial charge in [0.2, 0.25) is 5.88 Å². The number of benzene rings is 1. The molecule has 6 heteroatoms. The van der Waals surface area contributed by atoms with E-state index in [0.717, 1.165) is 30.9 Å². The minimum absolute atomic E-state index is 0.198. The molecule has 2 aliphatic rings. The fourth-order valence-corrected chi connectivity index (χ4v) is 3.37. The molecule has 1 aromatic carbocycles. The van der Waals surface area contributed by atoms with Crippen LogP contribution in [0.4, 0.5) is 11.6 Å². The lowest BCUT2D eigenvalue weighted by molar-refractivity contribution is 0.102. The third kappa shape index (κ3) is 2.71. The van der Waals surface area contributed by atoms with Gasteiger partial charge in [0.15, 0.2) is 0 Å². The molecule has 134 valence electrons. The van der Waals surface area contributed by atoms with Crippen LogP contribution in [0.1, 0.15) is 47.5 Å². The van der Waals surface area contributed by atoms with Crippen molar-refractivity contribution in [2.45, 2.75) is 39.7 Å². The van der Waals surface area contributed by atoms with Gasteiger partial charge in [-0.25, -0.2) is 4.99 Å². The van der Waals surface area contributed by atoms with Gasteiger partial charge >= 0.3 is 0 Å². The molecular formula is C20H22N4O2. The van der Waals surface area contributed by atoms with Gasteiger partial charge in [0.1, 0.15) is 17.9 Å². The molecule has 26 heavy (non-hydrogen) atoms. The lowest BCUT2D eigenvalue weighted by atomic mass is 10.1. The van der Waals surface area contributed by atoms with E-state index in [2.05, 4.69) is 24.2 Å². The van der Waals surface area contributed by atoms with Gasteiger partial charge in [0.05, 0.1) is 17.2 Å². The van der Waals surface area contributed by atoms with E-state index in [1.807, 2.05) is 29.2 Å². The van der Waals surface area contributed by atoms with Gasteiger partial charge in [0.25, 0.3) is 5.91 Å². The second-order valence-corrected chi connectivity index (χ2v) is 6.63. The van der Waals surface area contributed by atoms with Gasteiger partial charge in [-0.15, -0.1) is 0 Å². The molecule has 1 N–H and O–H groups in total. The van der Waals surface area contributed by atoms with Crippen molar-refractivity contribution < 1.29 is 9.21 Å². The van der Waals surface area contributed by atoms with Crippen molar-refractivity contribution in [3.8, 4) is 0 Å². The van der Waals surface area contributed by atoms with E-state index in [9.17, 15) is 4.79 Å². The quantitative estimate of drug-likeness (QED) is 0.908. The lowest BCUT2D eigenvalue weighted by Gasteiger charge is -2.18. The summed E-state index contributed by atoms with van der Waals surface area (Å²) in [7, 11) is 0. The Labute approximate surface area is 152 Å². The van der Waals surface area contributed by atoms with Crippen LogP contribution >= 0.6 is 0 Å². The van der Waals surface area contributed by atoms with Gasteiger partial charge in [-0.1, -0.05) is 26.0 Å². The average Bonchev–Trinajstić information content (AvgIpc) is 3.21. The predicted octanol–water partition coefficient (Wildman–Crippen LogP) is 3.92. The average molecular weight is 350 g/mol. The van der Waals surface area contributed by atoms with Crippen LogP contribution in [0.5, 0.6) is 0 Å². The first-order valence-corrected chi connectivity index (χ1v) is 9.03. The summed E-state index contributed by atoms with van der Waals surface area (Å²) in [4.78, 5) is 24.1. The van der Waals surface area contributed by atoms with Gasteiger partial charge < -0.3 is 14.6 Å². The first-order chi connectivity index (χ1) is 12.6. The zero-order valence-corrected chi connectivity index (χ0v) is 15.2. The van der Waals surface area contributed by atoms with Crippen molar-refractivity contribution in [2.24, 2.45) is 9.98 Å². The molecular weight excluding hydrogens is 328 g/mol. The third-order valence-electron chi connectivity index (χ3n) is 4.91. The van der Waals surface area contributed by atoms with Crippen LogP contribution in [-0.2, 0) is 6.42 Å². The third-order valence-corrected chi connectivity index (χ3v) is 4.91. The highest BCUT2D eigenvalue weighted by atomic mass is 16.4. The van der Waals surface area contributed by atoms with Crippen molar-refractivity contribution in [3.05, 3.63) is 46.7 Å². The number of carbonyl (C=O) groups excluding carboxylic acids is 1. The van der Waals surface area contributed by atoms with Crippen molar-refractivity contribution in [1.29, 1.82) is 0 Å². The molecule has 2 aliphatic heterocycles. The number of amidine groups is 1. The number of aliphatic imine (C=N–C) groups is 2. The van der Waals surface area contributed by atoms with Crippen LogP contribution in [0.2, 0.25) is 0 Å². The van der Waals surface area contributed by atoms with E-state index in [1.165, 1.54) is 5.56 Å². The maximum Gasteiger partial charge on any atom is 0.260 e. The molecule has 0 saturated heterocycles. The van der Waals surface area contributed by atoms with Crippen molar-refractivity contribution >= 4 is 29.7 Å². The molecule has 0 radical (unpaired) electrons. The van der Waals surface area contributed by atoms with Gasteiger partial charge in [-0.3, -0.25) is 9.79 Å². The summed E-state index contributed by atoms with van der Waals surface area (Å²) in [6, 6.07) is 8.10. The number of aryl methyl sites for hydroxylation is 2. The predicted molar refractivity (Wildman–Crippen MR) is 103 cm³/mol. The second kappa shape index (κ2) is 6.44. The van der Waals surface area contributed by atoms with E-state index in [-0.39, 0.29) is 11.9 Å². The zero-order valence-electron chi connectivity index (χ0n) is 15.2. The molecule has 0 unspecified atom stereocenters. The van der Waals surface area contributed by atoms with Crippen LogP contribution in [0.15, 0.2) is 38.7 Å². The minimum atomic E-state index is -0.198. The molecule has 4 rings (SSSR count). The number of nitrogens with zero attached hydrogens (tertiary/aromatic N) is 3. The first kappa shape index (κ1) is 16.6. The lowest BCUT2D eigenvalue weighted by Crippen LogP contribution is -2.31. The Morgan fingerprint density at radius 1 is 1.31 bits per heavy atom. The van der Waals surface area contributed by atoms with E-state index in [0.29, 0.717) is 22.8 Å². The Balaban J connectivity index is 1.68. The number of carbonyl (C=O) groups is 1. The van der Waals surface area contributed by atoms with Crippen molar-refractivity contribution in [3.63, 3.8) is 0 Å². The first-order valence-electron chi connectivity index (χ1n) is 9.03. The number of nitrogens with one attached hydrogen (secondary N) is 1. The number of fused-ring (bicyclic) bond motifs is 3. The molecule has 2 aromatic rings. The van der Waals surface area contributed by atoms with Crippen LogP contribution in [-0.4, -0.2) is 35.6 Å². The summed E-state index contributed by atoms with van der Waals surface area (Å²) in [5, 5.41) is 2.97. The Hall–Kier alpha value is -2.89. The number of rotatable bonds is 4. The Kier molecular flexibility index (Phi) is 4.11. The molecule has 0 saturated carbocycles. The molecule has 1 amide bonds.